The van der Waals surface area contributed by atoms with Crippen LogP contribution in [0.1, 0.15) is 30.7 Å². The number of aryl methyl sites for hydroxylation is 1. The van der Waals surface area contributed by atoms with Gasteiger partial charge in [-0.05, 0) is 6.42 Å². The molecule has 15 heteroatoms. The molecule has 0 aliphatic carbocycles. The molecule has 0 N–H and O–H groups in total. The SMILES string of the molecule is CCCn1cc(N(Cc2ncc(-c3nnc(C(F)F)o3)s2)S(=O)(=O)C(F)F)cn1. The summed E-state index contributed by atoms with van der Waals surface area (Å²) in [6.45, 7) is 1.85. The van der Waals surface area contributed by atoms with Gasteiger partial charge >= 0.3 is 12.2 Å². The molecule has 0 aromatic carbocycles. The van der Waals surface area contributed by atoms with Crippen molar-refractivity contribution in [3.63, 3.8) is 0 Å². The molecule has 0 atom stereocenters. The summed E-state index contributed by atoms with van der Waals surface area (Å²) in [5.41, 5.74) is -0.0479. The molecule has 0 radical (unpaired) electrons. The maximum absolute atomic E-state index is 13.2. The summed E-state index contributed by atoms with van der Waals surface area (Å²) in [5.74, 6) is -4.76. The third kappa shape index (κ3) is 4.55. The number of sulfonamides is 1. The predicted octanol–water partition coefficient (Wildman–Crippen LogP) is 3.30. The Morgan fingerprint density at radius 3 is 2.62 bits per heavy atom. The predicted molar refractivity (Wildman–Crippen MR) is 94.0 cm³/mol. The number of halogens is 4. The molecule has 158 valence electrons. The third-order valence-electron chi connectivity index (χ3n) is 3.56. The van der Waals surface area contributed by atoms with Crippen LogP contribution in [0.3, 0.4) is 0 Å². The van der Waals surface area contributed by atoms with Crippen molar-refractivity contribution in [2.24, 2.45) is 0 Å². The summed E-state index contributed by atoms with van der Waals surface area (Å²) in [6.07, 6.45) is 1.47. The molecule has 3 rings (SSSR count). The molecular formula is C14H14F4N6O3S2. The molecule has 0 fully saturated rings. The summed E-state index contributed by atoms with van der Waals surface area (Å²) in [6, 6.07) is 0. The van der Waals surface area contributed by atoms with E-state index in [1.165, 1.54) is 17.1 Å². The van der Waals surface area contributed by atoms with Crippen LogP contribution in [-0.4, -0.2) is 39.1 Å². The van der Waals surface area contributed by atoms with E-state index in [0.717, 1.165) is 17.5 Å². The van der Waals surface area contributed by atoms with Gasteiger partial charge in [0.1, 0.15) is 9.88 Å². The van der Waals surface area contributed by atoms with Gasteiger partial charge in [0, 0.05) is 12.7 Å². The van der Waals surface area contributed by atoms with Crippen molar-refractivity contribution in [2.75, 3.05) is 4.31 Å². The van der Waals surface area contributed by atoms with E-state index >= 15 is 0 Å². The van der Waals surface area contributed by atoms with Gasteiger partial charge in [-0.15, -0.1) is 21.5 Å². The summed E-state index contributed by atoms with van der Waals surface area (Å²) in [5, 5.41) is 10.7. The Labute approximate surface area is 166 Å². The Bertz CT molecular complexity index is 1070. The molecule has 0 saturated carbocycles. The number of hydrogen-bond acceptors (Lipinski definition) is 8. The first-order valence-corrected chi connectivity index (χ1v) is 10.4. The number of nitrogens with zero attached hydrogens (tertiary/aromatic N) is 6. The lowest BCUT2D eigenvalue weighted by Crippen LogP contribution is -2.34. The molecule has 3 aromatic heterocycles. The minimum atomic E-state index is -4.99. The van der Waals surface area contributed by atoms with Crippen molar-refractivity contribution in [2.45, 2.75) is 38.6 Å². The Morgan fingerprint density at radius 2 is 2.00 bits per heavy atom. The van der Waals surface area contributed by atoms with Crippen LogP contribution in [0.5, 0.6) is 0 Å². The molecule has 9 nitrogen and oxygen atoms in total. The zero-order chi connectivity index (χ0) is 21.2. The molecule has 0 saturated heterocycles. The van der Waals surface area contributed by atoms with E-state index in [9.17, 15) is 26.0 Å². The summed E-state index contributed by atoms with van der Waals surface area (Å²) >= 11 is 0.848. The Balaban J connectivity index is 1.89. The summed E-state index contributed by atoms with van der Waals surface area (Å²) in [7, 11) is -4.99. The van der Waals surface area contributed by atoms with Gasteiger partial charge in [-0.25, -0.2) is 13.4 Å². The highest BCUT2D eigenvalue weighted by molar-refractivity contribution is 7.93. The van der Waals surface area contributed by atoms with Crippen molar-refractivity contribution in [3.8, 4) is 10.8 Å². The van der Waals surface area contributed by atoms with Crippen LogP contribution in [0.25, 0.3) is 10.8 Å². The van der Waals surface area contributed by atoms with E-state index in [1.807, 2.05) is 6.92 Å². The maximum atomic E-state index is 13.2. The molecule has 0 aliphatic rings. The molecular weight excluding hydrogens is 440 g/mol. The van der Waals surface area contributed by atoms with Crippen LogP contribution in [0.2, 0.25) is 0 Å². The van der Waals surface area contributed by atoms with E-state index in [2.05, 4.69) is 20.3 Å². The van der Waals surface area contributed by atoms with E-state index < -0.39 is 34.6 Å². The molecule has 3 heterocycles. The van der Waals surface area contributed by atoms with Crippen LogP contribution in [0.4, 0.5) is 23.2 Å². The Hall–Kier alpha value is -2.55. The fraction of sp³-hybridized carbons (Fsp3) is 0.429. The van der Waals surface area contributed by atoms with E-state index in [0.29, 0.717) is 17.3 Å². The smallest absolute Gasteiger partial charge is 0.355 e. The molecule has 29 heavy (non-hydrogen) atoms. The number of aromatic nitrogens is 5. The van der Waals surface area contributed by atoms with Gasteiger partial charge < -0.3 is 4.42 Å². The van der Waals surface area contributed by atoms with Crippen molar-refractivity contribution in [3.05, 3.63) is 29.5 Å². The van der Waals surface area contributed by atoms with Gasteiger partial charge in [-0.1, -0.05) is 6.92 Å². The van der Waals surface area contributed by atoms with Crippen LogP contribution in [0.15, 0.2) is 23.0 Å². The van der Waals surface area contributed by atoms with E-state index in [-0.39, 0.29) is 21.5 Å². The second-order valence-electron chi connectivity index (χ2n) is 5.64. The van der Waals surface area contributed by atoms with Crippen LogP contribution < -0.4 is 4.31 Å². The maximum Gasteiger partial charge on any atom is 0.355 e. The number of rotatable bonds is 9. The van der Waals surface area contributed by atoms with Gasteiger partial charge in [-0.2, -0.15) is 22.7 Å². The summed E-state index contributed by atoms with van der Waals surface area (Å²) < 4.78 is 82.5. The molecule has 0 amide bonds. The first-order valence-electron chi connectivity index (χ1n) is 8.11. The normalized spacial score (nSPS) is 12.2. The third-order valence-corrected chi connectivity index (χ3v) is 5.94. The van der Waals surface area contributed by atoms with Gasteiger partial charge in [0.25, 0.3) is 21.8 Å². The first kappa shape index (κ1) is 21.2. The second kappa shape index (κ2) is 8.44. The van der Waals surface area contributed by atoms with Crippen LogP contribution in [0, 0.1) is 0 Å². The number of hydrogen-bond donors (Lipinski definition) is 0. The lowest BCUT2D eigenvalue weighted by atomic mass is 10.5. The lowest BCUT2D eigenvalue weighted by Gasteiger charge is -2.21. The largest absolute Gasteiger partial charge is 0.414 e. The van der Waals surface area contributed by atoms with Crippen molar-refractivity contribution < 1.29 is 30.4 Å². The minimum Gasteiger partial charge on any atom is -0.414 e. The lowest BCUT2D eigenvalue weighted by molar-refractivity contribution is 0.116. The van der Waals surface area contributed by atoms with Crippen molar-refractivity contribution in [1.29, 1.82) is 0 Å². The average molecular weight is 454 g/mol. The topological polar surface area (TPSA) is 107 Å². The highest BCUT2D eigenvalue weighted by Gasteiger charge is 2.34. The van der Waals surface area contributed by atoms with Gasteiger partial charge in [0.15, 0.2) is 0 Å². The van der Waals surface area contributed by atoms with E-state index in [4.69, 9.17) is 4.42 Å². The second-order valence-corrected chi connectivity index (χ2v) is 8.58. The number of thiazole rings is 1. The fourth-order valence-electron chi connectivity index (χ4n) is 2.28. The highest BCUT2D eigenvalue weighted by atomic mass is 32.2. The number of alkyl halides is 4. The standard InChI is InChI=1S/C14H14F4N6O3S2/c1-2-3-23-6-8(4-20-23)24(29(25,26)14(17)18)7-10-19-5-9(28-10)12-21-22-13(27-12)11(15)16/h4-6,11,14H,2-3,7H2,1H3. The average Bonchev–Trinajstić information content (AvgIpc) is 3.39. The van der Waals surface area contributed by atoms with Crippen LogP contribution in [-0.2, 0) is 23.1 Å². The molecule has 0 spiro atoms. The van der Waals surface area contributed by atoms with Gasteiger partial charge in [0.2, 0.25) is 0 Å². The van der Waals surface area contributed by atoms with Crippen molar-refractivity contribution in [1.82, 2.24) is 25.0 Å². The Morgan fingerprint density at radius 1 is 1.24 bits per heavy atom. The van der Waals surface area contributed by atoms with E-state index in [1.54, 1.807) is 0 Å². The molecule has 3 aromatic rings. The first-order chi connectivity index (χ1) is 13.7. The molecule has 0 unspecified atom stereocenters. The summed E-state index contributed by atoms with van der Waals surface area (Å²) in [4.78, 5) is 4.14. The highest BCUT2D eigenvalue weighted by Crippen LogP contribution is 2.30. The molecule has 0 bridgehead atoms. The van der Waals surface area contributed by atoms with Gasteiger partial charge in [0.05, 0.1) is 24.6 Å². The quantitative estimate of drug-likeness (QED) is 0.457. The minimum absolute atomic E-state index is 0.0479. The monoisotopic (exact) mass is 454 g/mol. The van der Waals surface area contributed by atoms with Gasteiger partial charge in [-0.3, -0.25) is 8.99 Å². The number of anilines is 1. The molecule has 0 aliphatic heterocycles. The van der Waals surface area contributed by atoms with Crippen molar-refractivity contribution >= 4 is 27.0 Å². The zero-order valence-electron chi connectivity index (χ0n) is 14.7. The fourth-order valence-corrected chi connectivity index (χ4v) is 4.08. The zero-order valence-corrected chi connectivity index (χ0v) is 16.4. The van der Waals surface area contributed by atoms with Crippen LogP contribution >= 0.6 is 11.3 Å². The Kier molecular flexibility index (Phi) is 6.16.